The minimum absolute atomic E-state index is 0.108. The fraction of sp³-hybridized carbons (Fsp3) is 0.716. The van der Waals surface area contributed by atoms with Crippen molar-refractivity contribution < 1.29 is 28.6 Å². The van der Waals surface area contributed by atoms with Crippen LogP contribution >= 0.6 is 0 Å². The van der Waals surface area contributed by atoms with Crippen molar-refractivity contribution in [1.29, 1.82) is 0 Å². The summed E-state index contributed by atoms with van der Waals surface area (Å²) in [5.74, 6) is -0.997. The van der Waals surface area contributed by atoms with Crippen LogP contribution in [0.2, 0.25) is 0 Å². The lowest BCUT2D eigenvalue weighted by Gasteiger charge is -2.18. The van der Waals surface area contributed by atoms with E-state index in [1.165, 1.54) is 154 Å². The minimum atomic E-state index is -0.818. The first-order valence-corrected chi connectivity index (χ1v) is 30.7. The molecule has 0 aromatic rings. The molecule has 0 aliphatic rings. The Kier molecular flexibility index (Phi) is 57.8. The van der Waals surface area contributed by atoms with E-state index in [9.17, 15) is 14.4 Å². The molecule has 0 radical (unpaired) electrons. The van der Waals surface area contributed by atoms with Gasteiger partial charge in [0.05, 0.1) is 0 Å². The van der Waals surface area contributed by atoms with Gasteiger partial charge in [-0.1, -0.05) is 266 Å². The molecule has 0 aliphatic carbocycles. The molecule has 0 saturated heterocycles. The number of allylic oxidation sites excluding steroid dienone is 16. The molecule has 0 spiro atoms. The summed E-state index contributed by atoms with van der Waals surface area (Å²) in [6, 6.07) is 0. The number of esters is 3. The Morgan fingerprint density at radius 2 is 0.575 bits per heavy atom. The van der Waals surface area contributed by atoms with Crippen LogP contribution in [0.4, 0.5) is 0 Å². The number of hydrogen-bond acceptors (Lipinski definition) is 6. The first kappa shape index (κ1) is 69.3. The van der Waals surface area contributed by atoms with E-state index in [-0.39, 0.29) is 31.6 Å². The summed E-state index contributed by atoms with van der Waals surface area (Å²) in [6.07, 6.45) is 81.6. The summed E-state index contributed by atoms with van der Waals surface area (Å²) in [4.78, 5) is 38.0. The van der Waals surface area contributed by atoms with Gasteiger partial charge in [-0.15, -0.1) is 0 Å². The molecular weight excluding hydrogens is 901 g/mol. The van der Waals surface area contributed by atoms with Crippen molar-refractivity contribution in [2.24, 2.45) is 0 Å². The lowest BCUT2D eigenvalue weighted by molar-refractivity contribution is -0.166. The van der Waals surface area contributed by atoms with E-state index >= 15 is 0 Å². The number of ether oxygens (including phenoxy) is 3. The highest BCUT2D eigenvalue weighted by atomic mass is 16.6. The van der Waals surface area contributed by atoms with Crippen molar-refractivity contribution in [1.82, 2.24) is 0 Å². The third kappa shape index (κ3) is 59.1. The molecule has 0 amide bonds. The van der Waals surface area contributed by atoms with Gasteiger partial charge in [-0.05, 0) is 103 Å². The Labute approximate surface area is 451 Å². The van der Waals surface area contributed by atoms with Gasteiger partial charge in [-0.3, -0.25) is 14.4 Å². The molecule has 0 bridgehead atoms. The summed E-state index contributed by atoms with van der Waals surface area (Å²) in [5.41, 5.74) is 0. The van der Waals surface area contributed by atoms with Crippen LogP contribution in [0.3, 0.4) is 0 Å². The van der Waals surface area contributed by atoms with Crippen molar-refractivity contribution in [3.05, 3.63) is 97.2 Å². The van der Waals surface area contributed by atoms with Crippen LogP contribution in [-0.4, -0.2) is 37.2 Å². The minimum Gasteiger partial charge on any atom is -0.462 e. The Morgan fingerprint density at radius 1 is 0.288 bits per heavy atom. The van der Waals surface area contributed by atoms with Crippen molar-refractivity contribution in [3.8, 4) is 0 Å². The van der Waals surface area contributed by atoms with Crippen LogP contribution in [0.5, 0.6) is 0 Å². The first-order chi connectivity index (χ1) is 36.0. The molecule has 0 saturated carbocycles. The van der Waals surface area contributed by atoms with Crippen LogP contribution in [0.15, 0.2) is 97.2 Å². The zero-order valence-corrected chi connectivity index (χ0v) is 47.9. The van der Waals surface area contributed by atoms with Gasteiger partial charge in [0.25, 0.3) is 0 Å². The largest absolute Gasteiger partial charge is 0.462 e. The average Bonchev–Trinajstić information content (AvgIpc) is 3.39. The quantitative estimate of drug-likeness (QED) is 0.0261. The predicted octanol–water partition coefficient (Wildman–Crippen LogP) is 20.9. The molecule has 0 N–H and O–H groups in total. The fourth-order valence-electron chi connectivity index (χ4n) is 8.45. The summed E-state index contributed by atoms with van der Waals surface area (Å²) in [7, 11) is 0. The van der Waals surface area contributed by atoms with E-state index < -0.39 is 12.1 Å². The normalized spacial score (nSPS) is 12.8. The molecule has 1 unspecified atom stereocenters. The highest BCUT2D eigenvalue weighted by Crippen LogP contribution is 2.16. The van der Waals surface area contributed by atoms with Gasteiger partial charge in [0.2, 0.25) is 0 Å². The van der Waals surface area contributed by atoms with Gasteiger partial charge in [0, 0.05) is 19.3 Å². The van der Waals surface area contributed by atoms with Crippen LogP contribution in [0.25, 0.3) is 0 Å². The average molecular weight is 1020 g/mol. The second kappa shape index (κ2) is 60.9. The topological polar surface area (TPSA) is 78.9 Å². The molecule has 0 aromatic heterocycles. The monoisotopic (exact) mass is 1010 g/mol. The van der Waals surface area contributed by atoms with Crippen molar-refractivity contribution in [3.63, 3.8) is 0 Å². The van der Waals surface area contributed by atoms with Gasteiger partial charge >= 0.3 is 17.9 Å². The van der Waals surface area contributed by atoms with Gasteiger partial charge in [0.1, 0.15) is 13.2 Å². The number of carbonyl (C=O) groups is 3. The number of unbranched alkanes of at least 4 members (excludes halogenated alkanes) is 28. The van der Waals surface area contributed by atoms with Crippen LogP contribution in [-0.2, 0) is 28.6 Å². The second-order valence-electron chi connectivity index (χ2n) is 20.2. The zero-order valence-electron chi connectivity index (χ0n) is 47.9. The zero-order chi connectivity index (χ0) is 52.9. The molecule has 0 rings (SSSR count). The van der Waals surface area contributed by atoms with E-state index in [1.54, 1.807) is 0 Å². The van der Waals surface area contributed by atoms with Crippen LogP contribution < -0.4 is 0 Å². The van der Waals surface area contributed by atoms with E-state index in [4.69, 9.17) is 14.2 Å². The maximum Gasteiger partial charge on any atom is 0.306 e. The number of rotatable bonds is 55. The SMILES string of the molecule is CC/C=C\C/C=C\C/C=C\C/C=C\CCC(=O)OC(COC(=O)CCCCCCC/C=C\CCCC)COC(=O)CCCCCCCCCCCCCCCCCC/C=C\C/C=C\C/C=C\CCCCCCC. The number of carbonyl (C=O) groups excluding carboxylic acids is 3. The van der Waals surface area contributed by atoms with E-state index in [0.29, 0.717) is 19.3 Å². The summed E-state index contributed by atoms with van der Waals surface area (Å²) in [5, 5.41) is 0. The molecule has 6 nitrogen and oxygen atoms in total. The van der Waals surface area contributed by atoms with E-state index in [1.807, 2.05) is 12.2 Å². The fourth-order valence-corrected chi connectivity index (χ4v) is 8.45. The van der Waals surface area contributed by atoms with Gasteiger partial charge < -0.3 is 14.2 Å². The Morgan fingerprint density at radius 3 is 0.945 bits per heavy atom. The Hall–Kier alpha value is -3.67. The lowest BCUT2D eigenvalue weighted by Crippen LogP contribution is -2.30. The molecule has 73 heavy (non-hydrogen) atoms. The highest BCUT2D eigenvalue weighted by molar-refractivity contribution is 5.71. The van der Waals surface area contributed by atoms with Gasteiger partial charge in [-0.25, -0.2) is 0 Å². The molecule has 418 valence electrons. The Balaban J connectivity index is 4.16. The summed E-state index contributed by atoms with van der Waals surface area (Å²) >= 11 is 0. The lowest BCUT2D eigenvalue weighted by atomic mass is 10.0. The molecule has 1 atom stereocenters. The van der Waals surface area contributed by atoms with E-state index in [2.05, 4.69) is 106 Å². The van der Waals surface area contributed by atoms with E-state index in [0.717, 1.165) is 89.9 Å². The summed E-state index contributed by atoms with van der Waals surface area (Å²) < 4.78 is 16.8. The number of hydrogen-bond donors (Lipinski definition) is 0. The van der Waals surface area contributed by atoms with Crippen molar-refractivity contribution in [2.75, 3.05) is 13.2 Å². The molecule has 0 fully saturated rings. The third-order valence-electron chi connectivity index (χ3n) is 13.1. The summed E-state index contributed by atoms with van der Waals surface area (Å²) in [6.45, 7) is 6.41. The second-order valence-corrected chi connectivity index (χ2v) is 20.2. The molecule has 0 aliphatic heterocycles. The highest BCUT2D eigenvalue weighted by Gasteiger charge is 2.19. The van der Waals surface area contributed by atoms with Gasteiger partial charge in [-0.2, -0.15) is 0 Å². The smallest absolute Gasteiger partial charge is 0.306 e. The maximum absolute atomic E-state index is 12.8. The van der Waals surface area contributed by atoms with Gasteiger partial charge in [0.15, 0.2) is 6.10 Å². The molecular formula is C67H114O6. The maximum atomic E-state index is 12.8. The standard InChI is InChI=1S/C67H114O6/c1-4-7-10-13-16-19-22-24-25-26-27-28-29-30-31-32-33-34-35-36-37-38-39-40-41-43-45-48-51-54-57-60-66(69)72-63-64(62-71-65(68)59-56-53-50-47-44-21-18-15-12-9-6-3)73-67(70)61-58-55-52-49-46-42-23-20-17-14-11-8-5-2/h8,11,15,17-18,20,22,24,26-27,29-30,42,46,52,55,64H,4-7,9-10,12-14,16,19,21,23,25,28,31-41,43-45,47-51,53-54,56-63H2,1-3H3/b11-8-,18-15-,20-17-,24-22-,27-26-,30-29-,46-42-,55-52-. The van der Waals surface area contributed by atoms with Crippen molar-refractivity contribution in [2.45, 2.75) is 297 Å². The third-order valence-corrected chi connectivity index (χ3v) is 13.1. The molecule has 0 heterocycles. The predicted molar refractivity (Wildman–Crippen MR) is 316 cm³/mol. The van der Waals surface area contributed by atoms with Crippen LogP contribution in [0.1, 0.15) is 290 Å². The Bertz CT molecular complexity index is 1440. The van der Waals surface area contributed by atoms with Crippen molar-refractivity contribution >= 4 is 17.9 Å². The molecule has 0 aromatic carbocycles. The van der Waals surface area contributed by atoms with Crippen LogP contribution in [0, 0.1) is 0 Å². The first-order valence-electron chi connectivity index (χ1n) is 30.7. The molecule has 6 heteroatoms.